The van der Waals surface area contributed by atoms with Crippen molar-refractivity contribution in [1.82, 2.24) is 34.6 Å². The number of halogens is 1. The van der Waals surface area contributed by atoms with Gasteiger partial charge in [0.1, 0.15) is 29.3 Å². The molecule has 0 saturated carbocycles. The molecule has 5 aliphatic rings. The van der Waals surface area contributed by atoms with Gasteiger partial charge in [0.05, 0.1) is 43.1 Å². The van der Waals surface area contributed by atoms with Gasteiger partial charge < -0.3 is 34.6 Å². The summed E-state index contributed by atoms with van der Waals surface area (Å²) in [5.41, 5.74) is 7.46. The van der Waals surface area contributed by atoms with Crippen molar-refractivity contribution in [3.05, 3.63) is 76.8 Å². The van der Waals surface area contributed by atoms with E-state index in [2.05, 4.69) is 26.3 Å². The Morgan fingerprint density at radius 1 is 0.768 bits per heavy atom. The molecule has 2 fully saturated rings. The minimum atomic E-state index is -0.747. The monoisotopic (exact) mass is 1040 g/mol. The number of allylic oxidation sites excluding steroid dienone is 2. The predicted molar refractivity (Wildman–Crippen MR) is 285 cm³/mol. The number of benzene rings is 2. The second kappa shape index (κ2) is 22.8. The van der Waals surface area contributed by atoms with Crippen LogP contribution in [0.25, 0.3) is 33.3 Å². The number of carbonyl (C=O) groups excluding carboxylic acids is 4. The molecular weight excluding hydrogens is 982 g/mol. The number of nitrogens with zero attached hydrogens (tertiary/aromatic N) is 7. The lowest BCUT2D eigenvalue weighted by molar-refractivity contribution is -0.134. The number of likely N-dealkylation sites (tertiary alicyclic amines) is 2. The highest BCUT2D eigenvalue weighted by Crippen LogP contribution is 2.47. The van der Waals surface area contributed by atoms with Crippen LogP contribution < -0.4 is 15.4 Å². The first-order valence-electron chi connectivity index (χ1n) is 22.1. The topological polar surface area (TPSA) is 182 Å². The summed E-state index contributed by atoms with van der Waals surface area (Å²) >= 11 is 1.21. The number of nitrogens with one attached hydrogen (secondary N) is 2. The summed E-state index contributed by atoms with van der Waals surface area (Å²) in [6.07, 6.45) is 5.70. The van der Waals surface area contributed by atoms with Crippen molar-refractivity contribution in [2.45, 2.75) is 96.6 Å². The van der Waals surface area contributed by atoms with E-state index in [4.69, 9.17) is 24.2 Å². The third-order valence-corrected chi connectivity index (χ3v) is 13.7. The van der Waals surface area contributed by atoms with Gasteiger partial charge in [-0.25, -0.2) is 14.0 Å². The molecule has 5 aliphatic heterocycles. The Morgan fingerprint density at radius 2 is 1.32 bits per heavy atom. The van der Waals surface area contributed by atoms with Crippen LogP contribution in [0, 0.1) is 17.7 Å². The Labute approximate surface area is 432 Å². The first kappa shape index (κ1) is 54.9. The highest BCUT2D eigenvalue weighted by molar-refractivity contribution is 7.59. The summed E-state index contributed by atoms with van der Waals surface area (Å²) in [6.45, 7) is 8.67. The van der Waals surface area contributed by atoms with Gasteiger partial charge in [-0.2, -0.15) is 54.0 Å². The van der Waals surface area contributed by atoms with Crippen LogP contribution in [-0.4, -0.2) is 111 Å². The van der Waals surface area contributed by atoms with Crippen molar-refractivity contribution in [2.75, 3.05) is 27.3 Å². The van der Waals surface area contributed by atoms with Crippen LogP contribution in [0.1, 0.15) is 89.3 Å². The van der Waals surface area contributed by atoms with E-state index in [1.807, 2.05) is 73.0 Å². The molecule has 2 N–H and O–H groups in total. The van der Waals surface area contributed by atoms with Crippen LogP contribution in [0.2, 0.25) is 0 Å². The SMILES string of the molecule is COC(=O)N[C@H](C(=O)N1CCC[C@H]1C1=NC=C(c2cc(F)c3c(c2)OC(c2csnn2)n2c-3cc3cc(C4=CN=C([C@@H]5CCCN5C(=O)[C@@H](NC(=O)OC)C(C)C)C4)ccc32)C1)C(C)C.S.S.S.S. The van der Waals surface area contributed by atoms with Crippen LogP contribution in [0.5, 0.6) is 5.75 Å². The molecule has 2 saturated heterocycles. The fourth-order valence-electron chi connectivity index (χ4n) is 9.80. The fraction of sp³-hybridized carbons (Fsp3) is 0.447. The molecule has 22 heteroatoms. The van der Waals surface area contributed by atoms with Crippen LogP contribution in [0.15, 0.2) is 64.2 Å². The average Bonchev–Trinajstić information content (AvgIpc) is 4.15. The van der Waals surface area contributed by atoms with E-state index in [0.29, 0.717) is 54.2 Å². The van der Waals surface area contributed by atoms with E-state index in [0.717, 1.165) is 64.7 Å². The predicted octanol–water partition coefficient (Wildman–Crippen LogP) is 7.80. The Kier molecular flexibility index (Phi) is 18.1. The summed E-state index contributed by atoms with van der Waals surface area (Å²) in [7, 11) is 2.55. The second-order valence-corrected chi connectivity index (χ2v) is 18.4. The molecule has 16 nitrogen and oxygen atoms in total. The Balaban J connectivity index is 0.00000222. The van der Waals surface area contributed by atoms with E-state index < -0.39 is 36.3 Å². The lowest BCUT2D eigenvalue weighted by Gasteiger charge is -2.31. The van der Waals surface area contributed by atoms with Crippen LogP contribution in [0.4, 0.5) is 14.0 Å². The normalized spacial score (nSPS) is 19.8. The minimum Gasteiger partial charge on any atom is -0.463 e. The molecule has 2 aromatic carbocycles. The van der Waals surface area contributed by atoms with Gasteiger partial charge in [-0.3, -0.25) is 24.1 Å². The quantitative estimate of drug-likeness (QED) is 0.152. The number of aliphatic imine (C=N–C) groups is 2. The van der Waals surface area contributed by atoms with Gasteiger partial charge in [0.25, 0.3) is 0 Å². The third-order valence-electron chi connectivity index (χ3n) is 13.1. The lowest BCUT2D eigenvalue weighted by atomic mass is 9.95. The number of alkyl carbamates (subject to hydrolysis) is 2. The molecule has 372 valence electrons. The molecule has 0 spiro atoms. The van der Waals surface area contributed by atoms with E-state index >= 15 is 4.39 Å². The summed E-state index contributed by atoms with van der Waals surface area (Å²) < 4.78 is 39.1. The molecule has 0 radical (unpaired) electrons. The maximum absolute atomic E-state index is 16.7. The summed E-state index contributed by atoms with van der Waals surface area (Å²) in [5, 5.41) is 12.5. The minimum absolute atomic E-state index is 0. The molecule has 9 rings (SSSR count). The van der Waals surface area contributed by atoms with Crippen LogP contribution in [0.3, 0.4) is 0 Å². The first-order chi connectivity index (χ1) is 31.3. The number of hydrogen-bond donors (Lipinski definition) is 2. The van der Waals surface area contributed by atoms with Gasteiger partial charge in [0.2, 0.25) is 18.0 Å². The molecule has 69 heavy (non-hydrogen) atoms. The van der Waals surface area contributed by atoms with Gasteiger partial charge in [0, 0.05) is 60.5 Å². The maximum atomic E-state index is 16.7. The Morgan fingerprint density at radius 3 is 1.83 bits per heavy atom. The molecule has 7 heterocycles. The molecular formula is C47H60FN9O7S5. The molecule has 2 aromatic heterocycles. The Bertz CT molecular complexity index is 2710. The molecule has 0 bridgehead atoms. The van der Waals surface area contributed by atoms with Crippen molar-refractivity contribution >= 4 is 123 Å². The van der Waals surface area contributed by atoms with Crippen molar-refractivity contribution in [2.24, 2.45) is 21.8 Å². The Hall–Kier alpha value is -5.03. The molecule has 4 amide bonds. The summed E-state index contributed by atoms with van der Waals surface area (Å²) in [6, 6.07) is 9.56. The first-order valence-corrected chi connectivity index (χ1v) is 22.9. The van der Waals surface area contributed by atoms with E-state index in [9.17, 15) is 19.2 Å². The van der Waals surface area contributed by atoms with Gasteiger partial charge >= 0.3 is 12.2 Å². The molecule has 4 aromatic rings. The summed E-state index contributed by atoms with van der Waals surface area (Å²) in [5.74, 6) is -0.712. The number of methoxy groups -OCH3 is 2. The smallest absolute Gasteiger partial charge is 0.407 e. The van der Waals surface area contributed by atoms with Gasteiger partial charge in [-0.15, -0.1) is 5.10 Å². The lowest BCUT2D eigenvalue weighted by Crippen LogP contribution is -2.53. The van der Waals surface area contributed by atoms with Crippen molar-refractivity contribution < 1.29 is 37.8 Å². The average molecular weight is 1040 g/mol. The van der Waals surface area contributed by atoms with Crippen molar-refractivity contribution in [3.8, 4) is 17.0 Å². The zero-order valence-corrected chi connectivity index (χ0v) is 44.0. The number of hydrogen-bond acceptors (Lipinski definition) is 12. The van der Waals surface area contributed by atoms with Gasteiger partial charge in [-0.1, -0.05) is 38.2 Å². The standard InChI is InChI=1S/C47H52FN9O7S.4H2S/c1-24(2)41(51-46(60)62-5)43(58)55-13-7-9-36(55)32-17-29(21-49-32)26-11-12-35-28(15-26)19-38-40-31(48)16-27(20-39(40)64-45(57(35)38)34-23-65-54-53-34)30-18-33(50-22-30)37-10-8-14-56(37)44(59)42(25(3)4)52-47(61)63-6;;;;/h11-12,15-16,19-25,36-37,41-42,45H,7-10,13-14,17-18H2,1-6H3,(H,51,60)(H,52,61);4*1H2/t36-,37-,41-,42-,45?;;;;/m0..../s1. The maximum Gasteiger partial charge on any atom is 0.407 e. The number of fused-ring (bicyclic) bond motifs is 5. The van der Waals surface area contributed by atoms with E-state index in [1.165, 1.54) is 31.8 Å². The largest absolute Gasteiger partial charge is 0.463 e. The summed E-state index contributed by atoms with van der Waals surface area (Å²) in [4.78, 5) is 65.0. The van der Waals surface area contributed by atoms with E-state index in [-0.39, 0.29) is 89.7 Å². The van der Waals surface area contributed by atoms with Crippen molar-refractivity contribution in [3.63, 3.8) is 0 Å². The fourth-order valence-corrected chi connectivity index (χ4v) is 10.3. The third kappa shape index (κ3) is 10.5. The van der Waals surface area contributed by atoms with Crippen molar-refractivity contribution in [1.29, 1.82) is 0 Å². The second-order valence-electron chi connectivity index (χ2n) is 17.8. The number of ether oxygens (including phenoxy) is 3. The number of carbonyl (C=O) groups is 4. The zero-order chi connectivity index (χ0) is 45.7. The number of aromatic nitrogens is 3. The van der Waals surface area contributed by atoms with Crippen LogP contribution in [-0.2, 0) is 19.1 Å². The molecule has 1 unspecified atom stereocenters. The highest BCUT2D eigenvalue weighted by Gasteiger charge is 2.41. The molecule has 5 atom stereocenters. The highest BCUT2D eigenvalue weighted by atomic mass is 32.1. The zero-order valence-electron chi connectivity index (χ0n) is 39.2. The van der Waals surface area contributed by atoms with Gasteiger partial charge in [-0.05, 0) is 102 Å². The van der Waals surface area contributed by atoms with Crippen LogP contribution >= 0.6 is 65.5 Å². The van der Waals surface area contributed by atoms with Gasteiger partial charge in [0.15, 0.2) is 0 Å². The number of rotatable bonds is 11. The van der Waals surface area contributed by atoms with E-state index in [1.54, 1.807) is 11.1 Å². The molecule has 0 aliphatic carbocycles. The number of amides is 4.